The second-order valence-corrected chi connectivity index (χ2v) is 10.6. The highest BCUT2D eigenvalue weighted by molar-refractivity contribution is 5.52. The number of aromatic nitrogens is 2. The first-order valence-corrected chi connectivity index (χ1v) is 14.4. The first-order chi connectivity index (χ1) is 18.7. The van der Waals surface area contributed by atoms with Crippen LogP contribution in [0.2, 0.25) is 0 Å². The van der Waals surface area contributed by atoms with E-state index in [0.29, 0.717) is 24.7 Å². The minimum atomic E-state index is 0.476. The van der Waals surface area contributed by atoms with Gasteiger partial charge in [-0.15, -0.1) is 0 Å². The molecule has 38 heavy (non-hydrogen) atoms. The van der Waals surface area contributed by atoms with E-state index in [9.17, 15) is 0 Å². The van der Waals surface area contributed by atoms with Gasteiger partial charge >= 0.3 is 0 Å². The summed E-state index contributed by atoms with van der Waals surface area (Å²) in [6.07, 6.45) is 9.60. The van der Waals surface area contributed by atoms with Gasteiger partial charge in [0.1, 0.15) is 11.6 Å². The van der Waals surface area contributed by atoms with Crippen molar-refractivity contribution in [2.45, 2.75) is 70.5 Å². The predicted molar refractivity (Wildman–Crippen MR) is 155 cm³/mol. The molecule has 0 atom stereocenters. The number of nitrogens with two attached hydrogens (primary N) is 1. The molecule has 1 saturated carbocycles. The topological polar surface area (TPSA) is 118 Å². The third kappa shape index (κ3) is 9.43. The number of nitrogens with zero attached hydrogens (tertiary/aromatic N) is 5. The van der Waals surface area contributed by atoms with Gasteiger partial charge in [-0.25, -0.2) is 0 Å². The number of unbranched alkanes of at least 4 members (excludes halogenated alkanes) is 1. The molecule has 1 aromatic carbocycles. The average Bonchev–Trinajstić information content (AvgIpc) is 2.95. The molecule has 0 unspecified atom stereocenters. The first-order valence-electron chi connectivity index (χ1n) is 14.4. The van der Waals surface area contributed by atoms with Crippen molar-refractivity contribution in [3.8, 4) is 6.07 Å². The number of benzene rings is 1. The number of piperazine rings is 1. The fourth-order valence-electron chi connectivity index (χ4n) is 5.29. The molecule has 9 heteroatoms. The molecule has 4 rings (SSSR count). The van der Waals surface area contributed by atoms with Crippen molar-refractivity contribution < 1.29 is 0 Å². The Morgan fingerprint density at radius 1 is 0.921 bits per heavy atom. The summed E-state index contributed by atoms with van der Waals surface area (Å²) >= 11 is 0. The van der Waals surface area contributed by atoms with Crippen molar-refractivity contribution in [2.24, 2.45) is 0 Å². The summed E-state index contributed by atoms with van der Waals surface area (Å²) in [6, 6.07) is 13.5. The summed E-state index contributed by atoms with van der Waals surface area (Å²) in [4.78, 5) is 13.8. The van der Waals surface area contributed by atoms with Crippen LogP contribution in [0.25, 0.3) is 0 Å². The predicted octanol–water partition coefficient (Wildman–Crippen LogP) is 3.50. The third-order valence-electron chi connectivity index (χ3n) is 7.56. The van der Waals surface area contributed by atoms with Crippen molar-refractivity contribution in [1.82, 2.24) is 25.5 Å². The van der Waals surface area contributed by atoms with Crippen LogP contribution in [0.15, 0.2) is 30.3 Å². The van der Waals surface area contributed by atoms with Crippen molar-refractivity contribution in [2.75, 3.05) is 61.8 Å². The molecular formula is C29H45N9. The molecule has 0 spiro atoms. The molecule has 1 aliphatic carbocycles. The maximum Gasteiger partial charge on any atom is 0.226 e. The van der Waals surface area contributed by atoms with Crippen LogP contribution < -0.4 is 26.6 Å². The standard InChI is InChI=1S/C29H45N9/c30-13-4-5-16-37-17-19-38(20-18-37)28-21-27(31)35-29(36-28)34-23-25-11-9-24(10-12-25)22-32-14-6-15-33-26-7-2-1-3-8-26/h9-12,21,26,32-33H,1-8,14-20,22-23H2,(H3,31,34,35,36). The minimum Gasteiger partial charge on any atom is -0.383 e. The van der Waals surface area contributed by atoms with E-state index in [1.807, 2.05) is 6.07 Å². The van der Waals surface area contributed by atoms with Crippen LogP contribution in [0, 0.1) is 11.3 Å². The number of hydrogen-bond donors (Lipinski definition) is 4. The number of nitriles is 1. The lowest BCUT2D eigenvalue weighted by Gasteiger charge is -2.35. The van der Waals surface area contributed by atoms with E-state index in [4.69, 9.17) is 16.0 Å². The number of nitrogen functional groups attached to an aromatic ring is 1. The highest BCUT2D eigenvalue weighted by Gasteiger charge is 2.19. The van der Waals surface area contributed by atoms with Crippen molar-refractivity contribution in [3.63, 3.8) is 0 Å². The van der Waals surface area contributed by atoms with Crippen LogP contribution in [-0.4, -0.2) is 66.7 Å². The Morgan fingerprint density at radius 3 is 2.39 bits per heavy atom. The van der Waals surface area contributed by atoms with Gasteiger partial charge < -0.3 is 26.6 Å². The lowest BCUT2D eigenvalue weighted by atomic mass is 9.95. The van der Waals surface area contributed by atoms with Gasteiger partial charge in [-0.2, -0.15) is 15.2 Å². The van der Waals surface area contributed by atoms with E-state index in [0.717, 1.165) is 70.6 Å². The van der Waals surface area contributed by atoms with Gasteiger partial charge in [-0.3, -0.25) is 4.90 Å². The van der Waals surface area contributed by atoms with Gasteiger partial charge in [-0.1, -0.05) is 43.5 Å². The van der Waals surface area contributed by atoms with E-state index < -0.39 is 0 Å². The van der Waals surface area contributed by atoms with Gasteiger partial charge in [0, 0.05) is 57.8 Å². The first kappa shape index (κ1) is 28.1. The molecule has 0 bridgehead atoms. The molecule has 1 aliphatic heterocycles. The van der Waals surface area contributed by atoms with Crippen molar-refractivity contribution >= 4 is 17.6 Å². The maximum absolute atomic E-state index is 8.74. The maximum atomic E-state index is 8.74. The molecule has 9 nitrogen and oxygen atoms in total. The lowest BCUT2D eigenvalue weighted by molar-refractivity contribution is 0.255. The quantitative estimate of drug-likeness (QED) is 0.278. The van der Waals surface area contributed by atoms with E-state index in [-0.39, 0.29) is 0 Å². The second-order valence-electron chi connectivity index (χ2n) is 10.6. The Kier molecular flexibility index (Phi) is 11.4. The molecule has 2 aromatic rings. The molecule has 2 fully saturated rings. The van der Waals surface area contributed by atoms with Crippen LogP contribution in [0.4, 0.5) is 17.6 Å². The molecule has 2 aliphatic rings. The Bertz CT molecular complexity index is 990. The number of anilines is 3. The zero-order chi connectivity index (χ0) is 26.4. The largest absolute Gasteiger partial charge is 0.383 e. The Labute approximate surface area is 228 Å². The number of hydrogen-bond acceptors (Lipinski definition) is 9. The van der Waals surface area contributed by atoms with Crippen molar-refractivity contribution in [1.29, 1.82) is 5.26 Å². The lowest BCUT2D eigenvalue weighted by Crippen LogP contribution is -2.47. The van der Waals surface area contributed by atoms with Gasteiger partial charge in [-0.05, 0) is 56.4 Å². The van der Waals surface area contributed by atoms with E-state index >= 15 is 0 Å². The zero-order valence-electron chi connectivity index (χ0n) is 22.8. The molecule has 0 amide bonds. The molecular weight excluding hydrogens is 474 g/mol. The van der Waals surface area contributed by atoms with Crippen LogP contribution in [0.5, 0.6) is 0 Å². The highest BCUT2D eigenvalue weighted by atomic mass is 15.3. The van der Waals surface area contributed by atoms with Gasteiger partial charge in [0.25, 0.3) is 0 Å². The molecule has 2 heterocycles. The fraction of sp³-hybridized carbons (Fsp3) is 0.621. The van der Waals surface area contributed by atoms with Crippen LogP contribution >= 0.6 is 0 Å². The summed E-state index contributed by atoms with van der Waals surface area (Å²) in [5.74, 6) is 1.90. The molecule has 5 N–H and O–H groups in total. The Hall–Kier alpha value is -2.93. The second kappa shape index (κ2) is 15.5. The molecule has 206 valence electrons. The summed E-state index contributed by atoms with van der Waals surface area (Å²) in [6.45, 7) is 8.40. The summed E-state index contributed by atoms with van der Waals surface area (Å²) in [7, 11) is 0. The zero-order valence-corrected chi connectivity index (χ0v) is 22.8. The fourth-order valence-corrected chi connectivity index (χ4v) is 5.29. The minimum absolute atomic E-state index is 0.476. The number of rotatable bonds is 14. The van der Waals surface area contributed by atoms with Crippen LogP contribution in [-0.2, 0) is 13.1 Å². The average molecular weight is 520 g/mol. The highest BCUT2D eigenvalue weighted by Crippen LogP contribution is 2.19. The van der Waals surface area contributed by atoms with Gasteiger partial charge in [0.2, 0.25) is 5.95 Å². The number of nitrogens with one attached hydrogen (secondary N) is 3. The van der Waals surface area contributed by atoms with E-state index in [1.165, 1.54) is 49.7 Å². The Balaban J connectivity index is 1.15. The molecule has 0 radical (unpaired) electrons. The summed E-state index contributed by atoms with van der Waals surface area (Å²) in [5.41, 5.74) is 8.59. The van der Waals surface area contributed by atoms with Crippen LogP contribution in [0.3, 0.4) is 0 Å². The SMILES string of the molecule is N#CCCCN1CCN(c2cc(N)nc(NCc3ccc(CNCCCNC4CCCCC4)cc3)n2)CC1. The summed E-state index contributed by atoms with van der Waals surface area (Å²) in [5, 5.41) is 19.4. The van der Waals surface area contributed by atoms with Gasteiger partial charge in [0.15, 0.2) is 0 Å². The van der Waals surface area contributed by atoms with Crippen molar-refractivity contribution in [3.05, 3.63) is 41.5 Å². The molecule has 1 saturated heterocycles. The van der Waals surface area contributed by atoms with Crippen LogP contribution in [0.1, 0.15) is 62.5 Å². The Morgan fingerprint density at radius 2 is 1.66 bits per heavy atom. The smallest absolute Gasteiger partial charge is 0.226 e. The van der Waals surface area contributed by atoms with E-state index in [1.54, 1.807) is 0 Å². The summed E-state index contributed by atoms with van der Waals surface area (Å²) < 4.78 is 0. The monoisotopic (exact) mass is 519 g/mol. The molecule has 1 aromatic heterocycles. The normalized spacial score (nSPS) is 16.9. The van der Waals surface area contributed by atoms with E-state index in [2.05, 4.69) is 61.1 Å². The third-order valence-corrected chi connectivity index (χ3v) is 7.56. The van der Waals surface area contributed by atoms with Gasteiger partial charge in [0.05, 0.1) is 6.07 Å².